The van der Waals surface area contributed by atoms with Gasteiger partial charge in [-0.2, -0.15) is 0 Å². The summed E-state index contributed by atoms with van der Waals surface area (Å²) in [7, 11) is 0. The fourth-order valence-corrected chi connectivity index (χ4v) is 4.97. The highest BCUT2D eigenvalue weighted by molar-refractivity contribution is 5.98. The lowest BCUT2D eigenvalue weighted by atomic mass is 10.1. The lowest BCUT2D eigenvalue weighted by Gasteiger charge is -2.22. The van der Waals surface area contributed by atoms with Gasteiger partial charge in [0.2, 0.25) is 0 Å². The smallest absolute Gasteiger partial charge is 0.407 e. The van der Waals surface area contributed by atoms with Gasteiger partial charge in [-0.1, -0.05) is 54.3 Å². The molecule has 40 heavy (non-hydrogen) atoms. The number of aromatic amines is 1. The fourth-order valence-electron chi connectivity index (χ4n) is 4.97. The first-order valence-electron chi connectivity index (χ1n) is 14.1. The third-order valence-corrected chi connectivity index (χ3v) is 7.10. The number of hydrogen-bond donors (Lipinski definition) is 3. The van der Waals surface area contributed by atoms with Crippen molar-refractivity contribution in [1.82, 2.24) is 20.5 Å². The van der Waals surface area contributed by atoms with Crippen molar-refractivity contribution >= 4 is 22.9 Å². The maximum atomic E-state index is 12.9. The molecule has 2 aliphatic rings. The van der Waals surface area contributed by atoms with Crippen LogP contribution in [0, 0.1) is 23.7 Å². The number of nitrogens with zero attached hydrogens (tertiary/aromatic N) is 1. The van der Waals surface area contributed by atoms with Crippen LogP contribution in [-0.4, -0.2) is 46.6 Å². The predicted octanol–water partition coefficient (Wildman–Crippen LogP) is 5.59. The predicted molar refractivity (Wildman–Crippen MR) is 157 cm³/mol. The van der Waals surface area contributed by atoms with Crippen LogP contribution in [0.1, 0.15) is 61.6 Å². The van der Waals surface area contributed by atoms with E-state index in [2.05, 4.69) is 44.5 Å². The third-order valence-electron chi connectivity index (χ3n) is 7.10. The van der Waals surface area contributed by atoms with Gasteiger partial charge in [-0.25, -0.2) is 4.79 Å². The summed E-state index contributed by atoms with van der Waals surface area (Å²) in [6.07, 6.45) is 6.66. The van der Waals surface area contributed by atoms with Gasteiger partial charge < -0.3 is 20.4 Å². The summed E-state index contributed by atoms with van der Waals surface area (Å²) in [6, 6.07) is 18.3. The van der Waals surface area contributed by atoms with Crippen LogP contribution in [0.3, 0.4) is 0 Å². The summed E-state index contributed by atoms with van der Waals surface area (Å²) in [5.41, 5.74) is 3.08. The molecule has 0 spiro atoms. The first kappa shape index (κ1) is 27.5. The number of H-pyrrole nitrogens is 1. The first-order chi connectivity index (χ1) is 19.2. The van der Waals surface area contributed by atoms with Crippen molar-refractivity contribution in [3.05, 3.63) is 83.7 Å². The molecular weight excluding hydrogens is 500 g/mol. The zero-order valence-corrected chi connectivity index (χ0v) is 23.5. The minimum atomic E-state index is -0.528. The molecule has 2 heterocycles. The van der Waals surface area contributed by atoms with Gasteiger partial charge in [-0.3, -0.25) is 9.69 Å². The number of carbonyl (C=O) groups excluding carboxylic acids is 2. The van der Waals surface area contributed by atoms with Gasteiger partial charge in [0.1, 0.15) is 11.3 Å². The molecule has 5 rings (SSSR count). The molecule has 1 saturated carbocycles. The average molecular weight is 539 g/mol. The molecule has 1 aliphatic heterocycles. The second kappa shape index (κ2) is 12.0. The Labute approximate surface area is 236 Å². The van der Waals surface area contributed by atoms with Gasteiger partial charge in [0, 0.05) is 54.3 Å². The van der Waals surface area contributed by atoms with Crippen LogP contribution >= 0.6 is 0 Å². The van der Waals surface area contributed by atoms with Crippen LogP contribution in [0.2, 0.25) is 0 Å². The van der Waals surface area contributed by atoms with Crippen molar-refractivity contribution in [2.75, 3.05) is 13.1 Å². The Morgan fingerprint density at radius 1 is 1.12 bits per heavy atom. The summed E-state index contributed by atoms with van der Waals surface area (Å²) < 4.78 is 5.40. The quantitative estimate of drug-likeness (QED) is 0.343. The number of rotatable bonds is 7. The molecule has 3 N–H and O–H groups in total. The van der Waals surface area contributed by atoms with Crippen molar-refractivity contribution in [2.24, 2.45) is 11.8 Å². The van der Waals surface area contributed by atoms with E-state index in [0.29, 0.717) is 18.2 Å². The maximum absolute atomic E-state index is 12.9. The van der Waals surface area contributed by atoms with E-state index in [-0.39, 0.29) is 17.9 Å². The van der Waals surface area contributed by atoms with E-state index in [4.69, 9.17) is 4.74 Å². The van der Waals surface area contributed by atoms with Crippen LogP contribution in [-0.2, 0) is 11.3 Å². The van der Waals surface area contributed by atoms with Gasteiger partial charge in [0.25, 0.3) is 5.91 Å². The molecule has 0 unspecified atom stereocenters. The number of carbonyl (C=O) groups is 2. The molecular formula is C33H38N4O3. The standard InChI is InChI=1S/C33H38N4O3/c1-33(2,3)40-32(39)35-20-26-17-28(37(22-26)21-25-7-5-4-6-8-25)15-16-34-31(38)30-19-27-14-13-24(18-29(27)36-30)12-11-23-9-10-23/h4-8,13-16,18-19,23,26,28,36H,9-10,17,20-22H2,1-3H3,(H,34,38)(H,35,39)/b16-15+/t26-,28+/m0/s1. The number of fused-ring (bicyclic) bond motifs is 1. The minimum Gasteiger partial charge on any atom is -0.444 e. The Morgan fingerprint density at radius 3 is 2.67 bits per heavy atom. The summed E-state index contributed by atoms with van der Waals surface area (Å²) >= 11 is 0. The van der Waals surface area contributed by atoms with Gasteiger partial charge in [0.05, 0.1) is 0 Å². The highest BCUT2D eigenvalue weighted by Gasteiger charge is 2.31. The van der Waals surface area contributed by atoms with E-state index in [9.17, 15) is 9.59 Å². The Kier molecular flexibility index (Phi) is 8.27. The zero-order chi connectivity index (χ0) is 28.1. The molecule has 7 nitrogen and oxygen atoms in total. The summed E-state index contributed by atoms with van der Waals surface area (Å²) in [5, 5.41) is 6.83. The van der Waals surface area contributed by atoms with Crippen molar-refractivity contribution < 1.29 is 14.3 Å². The Morgan fingerprint density at radius 2 is 1.93 bits per heavy atom. The van der Waals surface area contributed by atoms with Crippen LogP contribution in [0.5, 0.6) is 0 Å². The van der Waals surface area contributed by atoms with Crippen LogP contribution in [0.15, 0.2) is 66.9 Å². The minimum absolute atomic E-state index is 0.126. The topological polar surface area (TPSA) is 86.5 Å². The average Bonchev–Trinajstić information content (AvgIpc) is 3.52. The summed E-state index contributed by atoms with van der Waals surface area (Å²) in [6.45, 7) is 7.74. The fraction of sp³-hybridized carbons (Fsp3) is 0.394. The second-order valence-corrected chi connectivity index (χ2v) is 11.8. The normalized spacial score (nSPS) is 19.4. The Bertz CT molecular complexity index is 1440. The highest BCUT2D eigenvalue weighted by Crippen LogP contribution is 2.28. The van der Waals surface area contributed by atoms with Crippen LogP contribution in [0.25, 0.3) is 10.9 Å². The maximum Gasteiger partial charge on any atom is 0.407 e. The molecule has 1 aromatic heterocycles. The number of aromatic nitrogens is 1. The van der Waals surface area contributed by atoms with Crippen molar-refractivity contribution in [3.8, 4) is 11.8 Å². The lowest BCUT2D eigenvalue weighted by Crippen LogP contribution is -2.36. The molecule has 2 aromatic carbocycles. The molecule has 208 valence electrons. The van der Waals surface area contributed by atoms with Crippen molar-refractivity contribution in [3.63, 3.8) is 0 Å². The number of nitrogens with one attached hydrogen (secondary N) is 3. The number of likely N-dealkylation sites (tertiary alicyclic amines) is 1. The molecule has 1 saturated heterocycles. The molecule has 1 aliphatic carbocycles. The Balaban J connectivity index is 1.21. The third kappa shape index (κ3) is 7.77. The number of ether oxygens (including phenoxy) is 1. The molecule has 3 aromatic rings. The molecule has 0 radical (unpaired) electrons. The van der Waals surface area contributed by atoms with Gasteiger partial charge in [0.15, 0.2) is 0 Å². The van der Waals surface area contributed by atoms with Crippen molar-refractivity contribution in [2.45, 2.75) is 58.2 Å². The van der Waals surface area contributed by atoms with Crippen LogP contribution in [0.4, 0.5) is 4.79 Å². The molecule has 2 amide bonds. The monoisotopic (exact) mass is 538 g/mol. The number of benzene rings is 2. The van der Waals surface area contributed by atoms with E-state index in [1.807, 2.05) is 69.3 Å². The SMILES string of the molecule is CC(C)(C)OC(=O)NC[C@@H]1C[C@@H](/C=C/NC(=O)c2cc3ccc(C#CC4CC4)cc3[nH]2)N(Cc2ccccc2)C1. The number of alkyl carbamates (subject to hydrolysis) is 1. The van der Waals surface area contributed by atoms with E-state index in [1.165, 1.54) is 18.4 Å². The number of amides is 2. The second-order valence-electron chi connectivity index (χ2n) is 11.8. The van der Waals surface area contributed by atoms with E-state index >= 15 is 0 Å². The summed E-state index contributed by atoms with van der Waals surface area (Å²) in [5.74, 6) is 7.15. The molecule has 2 fully saturated rings. The largest absolute Gasteiger partial charge is 0.444 e. The van der Waals surface area contributed by atoms with E-state index < -0.39 is 11.7 Å². The van der Waals surface area contributed by atoms with E-state index in [1.54, 1.807) is 6.20 Å². The zero-order valence-electron chi connectivity index (χ0n) is 23.5. The first-order valence-corrected chi connectivity index (χ1v) is 14.1. The Hall–Kier alpha value is -4.02. The molecule has 0 bridgehead atoms. The van der Waals surface area contributed by atoms with Crippen LogP contribution < -0.4 is 10.6 Å². The molecule has 7 heteroatoms. The van der Waals surface area contributed by atoms with Gasteiger partial charge in [-0.15, -0.1) is 0 Å². The van der Waals surface area contributed by atoms with Crippen molar-refractivity contribution in [1.29, 1.82) is 0 Å². The highest BCUT2D eigenvalue weighted by atomic mass is 16.6. The van der Waals surface area contributed by atoms with E-state index in [0.717, 1.165) is 36.0 Å². The lowest BCUT2D eigenvalue weighted by molar-refractivity contribution is 0.0519. The molecule has 2 atom stereocenters. The van der Waals surface area contributed by atoms with Gasteiger partial charge in [-0.05, 0) is 69.7 Å². The summed E-state index contributed by atoms with van der Waals surface area (Å²) in [4.78, 5) is 30.7. The number of hydrogen-bond acceptors (Lipinski definition) is 4. The van der Waals surface area contributed by atoms with Gasteiger partial charge >= 0.3 is 6.09 Å².